The van der Waals surface area contributed by atoms with Gasteiger partial charge in [-0.2, -0.15) is 0 Å². The number of hydrogen-bond donors (Lipinski definition) is 3. The van der Waals surface area contributed by atoms with Gasteiger partial charge in [0.15, 0.2) is 0 Å². The largest absolute Gasteiger partial charge is 0.370 e. The maximum Gasteiger partial charge on any atom is 0.267 e. The number of aromatic amines is 2. The third-order valence-electron chi connectivity index (χ3n) is 4.30. The van der Waals surface area contributed by atoms with Gasteiger partial charge in [-0.15, -0.1) is 0 Å². The summed E-state index contributed by atoms with van der Waals surface area (Å²) in [5.74, 6) is -1.27. The molecule has 0 spiro atoms. The Morgan fingerprint density at radius 3 is 2.58 bits per heavy atom. The van der Waals surface area contributed by atoms with Gasteiger partial charge < -0.3 is 15.4 Å². The van der Waals surface area contributed by atoms with Crippen molar-refractivity contribution in [1.82, 2.24) is 14.8 Å². The zero-order valence-electron chi connectivity index (χ0n) is 13.4. The predicted molar refractivity (Wildman–Crippen MR) is 91.0 cm³/mol. The zero-order valence-corrected chi connectivity index (χ0v) is 13.4. The van der Waals surface area contributed by atoms with Gasteiger partial charge in [-0.3, -0.25) is 19.5 Å². The standard InChI is InChI=1S/C17H18N4O3/c1-9-15(16(23)20-19-9)11(8-14(18)22)12-7-10-5-3-4-6-13(10)21(2)17(12)24/h3-7,11H,8H2,1-2H3,(H2,18,22)(H2,19,20,23). The molecule has 0 fully saturated rings. The molecule has 1 amide bonds. The predicted octanol–water partition coefficient (Wildman–Crippen LogP) is 0.871. The van der Waals surface area contributed by atoms with Crippen LogP contribution in [-0.2, 0) is 11.8 Å². The van der Waals surface area contributed by atoms with Crippen LogP contribution < -0.4 is 16.9 Å². The van der Waals surface area contributed by atoms with E-state index in [1.807, 2.05) is 24.3 Å². The third-order valence-corrected chi connectivity index (χ3v) is 4.30. The number of primary amides is 1. The molecule has 24 heavy (non-hydrogen) atoms. The van der Waals surface area contributed by atoms with Crippen LogP contribution in [0.5, 0.6) is 0 Å². The molecule has 7 heteroatoms. The molecular weight excluding hydrogens is 308 g/mol. The summed E-state index contributed by atoms with van der Waals surface area (Å²) in [5, 5.41) is 6.08. The molecule has 124 valence electrons. The number of H-pyrrole nitrogens is 2. The minimum absolute atomic E-state index is 0.116. The van der Waals surface area contributed by atoms with Gasteiger partial charge in [0.2, 0.25) is 5.91 Å². The first kappa shape index (κ1) is 15.8. The van der Waals surface area contributed by atoms with E-state index in [4.69, 9.17) is 5.73 Å². The molecular formula is C17H18N4O3. The van der Waals surface area contributed by atoms with Crippen molar-refractivity contribution in [1.29, 1.82) is 0 Å². The first-order valence-electron chi connectivity index (χ1n) is 7.54. The summed E-state index contributed by atoms with van der Waals surface area (Å²) < 4.78 is 1.52. The van der Waals surface area contributed by atoms with E-state index in [2.05, 4.69) is 10.2 Å². The number of aryl methyl sites for hydroxylation is 2. The molecule has 3 aromatic rings. The molecule has 1 aromatic carbocycles. The highest BCUT2D eigenvalue weighted by atomic mass is 16.1. The van der Waals surface area contributed by atoms with Crippen molar-refractivity contribution in [3.63, 3.8) is 0 Å². The second-order valence-electron chi connectivity index (χ2n) is 5.86. The normalized spacial score (nSPS) is 12.4. The van der Waals surface area contributed by atoms with E-state index >= 15 is 0 Å². The lowest BCUT2D eigenvalue weighted by atomic mass is 9.88. The van der Waals surface area contributed by atoms with E-state index in [-0.39, 0.29) is 17.5 Å². The summed E-state index contributed by atoms with van der Waals surface area (Å²) in [7, 11) is 1.67. The Morgan fingerprint density at radius 1 is 1.25 bits per heavy atom. The number of nitrogens with two attached hydrogens (primary N) is 1. The smallest absolute Gasteiger partial charge is 0.267 e. The Bertz CT molecular complexity index is 1040. The highest BCUT2D eigenvalue weighted by Gasteiger charge is 2.26. The number of pyridine rings is 1. The van der Waals surface area contributed by atoms with Crippen molar-refractivity contribution in [3.05, 3.63) is 67.9 Å². The number of amides is 1. The van der Waals surface area contributed by atoms with E-state index in [0.29, 0.717) is 16.8 Å². The second-order valence-corrected chi connectivity index (χ2v) is 5.86. The third kappa shape index (κ3) is 2.54. The number of nitrogens with one attached hydrogen (secondary N) is 2. The molecule has 1 unspecified atom stereocenters. The van der Waals surface area contributed by atoms with Gasteiger partial charge in [-0.1, -0.05) is 18.2 Å². The molecule has 7 nitrogen and oxygen atoms in total. The Labute approximate surface area is 137 Å². The summed E-state index contributed by atoms with van der Waals surface area (Å²) in [6, 6.07) is 9.18. The number of benzene rings is 1. The lowest BCUT2D eigenvalue weighted by Gasteiger charge is -2.16. The molecule has 0 bridgehead atoms. The summed E-state index contributed by atoms with van der Waals surface area (Å²) in [4.78, 5) is 36.5. The van der Waals surface area contributed by atoms with Gasteiger partial charge in [-0.25, -0.2) is 0 Å². The summed E-state index contributed by atoms with van der Waals surface area (Å²) in [6.07, 6.45) is -0.116. The van der Waals surface area contributed by atoms with Crippen LogP contribution in [0, 0.1) is 6.92 Å². The van der Waals surface area contributed by atoms with Crippen LogP contribution in [0.1, 0.15) is 29.2 Å². The molecule has 4 N–H and O–H groups in total. The maximum atomic E-state index is 12.8. The first-order valence-corrected chi connectivity index (χ1v) is 7.54. The van der Waals surface area contributed by atoms with E-state index in [1.54, 1.807) is 20.0 Å². The van der Waals surface area contributed by atoms with Gasteiger partial charge in [-0.05, 0) is 24.4 Å². The molecule has 3 rings (SSSR count). The fourth-order valence-corrected chi connectivity index (χ4v) is 3.14. The second kappa shape index (κ2) is 5.84. The van der Waals surface area contributed by atoms with Crippen LogP contribution in [0.4, 0.5) is 0 Å². The molecule has 1 atom stereocenters. The number of para-hydroxylation sites is 1. The van der Waals surface area contributed by atoms with Gasteiger partial charge in [0.05, 0.1) is 5.52 Å². The Hall–Kier alpha value is -3.09. The topological polar surface area (TPSA) is 114 Å². The highest BCUT2D eigenvalue weighted by Crippen LogP contribution is 2.27. The SMILES string of the molecule is Cc1[nH][nH]c(=O)c1C(CC(N)=O)c1cc2ccccc2n(C)c1=O. The monoisotopic (exact) mass is 326 g/mol. The van der Waals surface area contributed by atoms with E-state index < -0.39 is 11.8 Å². The van der Waals surface area contributed by atoms with Crippen LogP contribution in [0.2, 0.25) is 0 Å². The number of carbonyl (C=O) groups excluding carboxylic acids is 1. The lowest BCUT2D eigenvalue weighted by Crippen LogP contribution is -2.28. The van der Waals surface area contributed by atoms with Gasteiger partial charge >= 0.3 is 0 Å². The fourth-order valence-electron chi connectivity index (χ4n) is 3.14. The molecule has 0 radical (unpaired) electrons. The number of fused-ring (bicyclic) bond motifs is 1. The van der Waals surface area contributed by atoms with E-state index in [1.165, 1.54) is 4.57 Å². The average molecular weight is 326 g/mol. The Balaban J connectivity index is 2.31. The van der Waals surface area contributed by atoms with Crippen molar-refractivity contribution >= 4 is 16.8 Å². The number of aromatic nitrogens is 3. The molecule has 0 aliphatic rings. The highest BCUT2D eigenvalue weighted by molar-refractivity contribution is 5.80. The van der Waals surface area contributed by atoms with E-state index in [0.717, 1.165) is 10.9 Å². The van der Waals surface area contributed by atoms with Crippen LogP contribution in [-0.4, -0.2) is 20.7 Å². The van der Waals surface area contributed by atoms with Crippen LogP contribution in [0.3, 0.4) is 0 Å². The van der Waals surface area contributed by atoms with Crippen molar-refractivity contribution < 1.29 is 4.79 Å². The summed E-state index contributed by atoms with van der Waals surface area (Å²) >= 11 is 0. The number of hydrogen-bond acceptors (Lipinski definition) is 3. The van der Waals surface area contributed by atoms with Crippen LogP contribution >= 0.6 is 0 Å². The van der Waals surface area contributed by atoms with Crippen LogP contribution in [0.15, 0.2) is 39.9 Å². The summed E-state index contributed by atoms with van der Waals surface area (Å²) in [6.45, 7) is 1.72. The van der Waals surface area contributed by atoms with Crippen molar-refractivity contribution in [2.24, 2.45) is 12.8 Å². The molecule has 0 saturated heterocycles. The van der Waals surface area contributed by atoms with Crippen LogP contribution in [0.25, 0.3) is 10.9 Å². The molecule has 2 heterocycles. The molecule has 0 aliphatic carbocycles. The quantitative estimate of drug-likeness (QED) is 0.661. The molecule has 0 saturated carbocycles. The Kier molecular flexibility index (Phi) is 3.84. The van der Waals surface area contributed by atoms with E-state index in [9.17, 15) is 14.4 Å². The first-order chi connectivity index (χ1) is 11.4. The summed E-state index contributed by atoms with van der Waals surface area (Å²) in [5.41, 5.74) is 6.87. The van der Waals surface area contributed by atoms with Gasteiger partial charge in [0, 0.05) is 36.2 Å². The maximum absolute atomic E-state index is 12.8. The minimum atomic E-state index is -0.694. The number of carbonyl (C=O) groups is 1. The fraction of sp³-hybridized carbons (Fsp3) is 0.235. The number of nitrogens with zero attached hydrogens (tertiary/aromatic N) is 1. The lowest BCUT2D eigenvalue weighted by molar-refractivity contribution is -0.118. The van der Waals surface area contributed by atoms with Crippen molar-refractivity contribution in [2.75, 3.05) is 0 Å². The molecule has 2 aromatic heterocycles. The zero-order chi connectivity index (χ0) is 17.4. The number of rotatable bonds is 4. The van der Waals surface area contributed by atoms with Gasteiger partial charge in [0.1, 0.15) is 0 Å². The van der Waals surface area contributed by atoms with Gasteiger partial charge in [0.25, 0.3) is 11.1 Å². The van der Waals surface area contributed by atoms with Crippen molar-refractivity contribution in [3.8, 4) is 0 Å². The Morgan fingerprint density at radius 2 is 1.96 bits per heavy atom. The molecule has 0 aliphatic heterocycles. The average Bonchev–Trinajstić information content (AvgIpc) is 2.87. The van der Waals surface area contributed by atoms with Crippen molar-refractivity contribution in [2.45, 2.75) is 19.3 Å². The minimum Gasteiger partial charge on any atom is -0.370 e.